The second kappa shape index (κ2) is 6.85. The van der Waals surface area contributed by atoms with Crippen molar-refractivity contribution in [3.63, 3.8) is 0 Å². The van der Waals surface area contributed by atoms with E-state index in [0.29, 0.717) is 6.42 Å². The monoisotopic (exact) mass is 316 g/mol. The molecule has 5 nitrogen and oxygen atoms in total. The molecule has 0 aliphatic carbocycles. The third kappa shape index (κ3) is 5.67. The molecule has 1 rings (SSSR count). The number of nitrogens with zero attached hydrogens (tertiary/aromatic N) is 1. The van der Waals surface area contributed by atoms with Gasteiger partial charge in [-0.05, 0) is 24.0 Å². The molecule has 1 aromatic carbocycles. The minimum atomic E-state index is -0.721. The summed E-state index contributed by atoms with van der Waals surface area (Å²) in [6.07, 6.45) is 0.667. The van der Waals surface area contributed by atoms with E-state index in [9.17, 15) is 19.3 Å². The van der Waals surface area contributed by atoms with Crippen molar-refractivity contribution in [1.29, 1.82) is 0 Å². The maximum Gasteiger partial charge on any atom is 0.282 e. The molecule has 0 radical (unpaired) electrons. The molecule has 1 aromatic rings. The first kappa shape index (κ1) is 17.4. The van der Waals surface area contributed by atoms with E-state index < -0.39 is 22.3 Å². The molecule has 0 heterocycles. The summed E-state index contributed by atoms with van der Waals surface area (Å²) in [6, 6.07) is 2.76. The number of carbonyl (C=O) groups is 1. The molecule has 1 unspecified atom stereocenters. The summed E-state index contributed by atoms with van der Waals surface area (Å²) < 4.78 is 13.2. The molecular formula is C14H18ClFN2O3. The van der Waals surface area contributed by atoms with Crippen LogP contribution >= 0.6 is 11.6 Å². The minimum absolute atomic E-state index is 0.00198. The fraction of sp³-hybridized carbons (Fsp3) is 0.500. The normalized spacial score (nSPS) is 12.8. The first-order chi connectivity index (χ1) is 9.60. The van der Waals surface area contributed by atoms with E-state index in [4.69, 9.17) is 11.6 Å². The van der Waals surface area contributed by atoms with E-state index in [-0.39, 0.29) is 22.9 Å². The van der Waals surface area contributed by atoms with Crippen LogP contribution < -0.4 is 5.32 Å². The van der Waals surface area contributed by atoms with Crippen LogP contribution in [0.4, 0.5) is 10.1 Å². The zero-order valence-corrected chi connectivity index (χ0v) is 12.9. The van der Waals surface area contributed by atoms with Gasteiger partial charge in [0.15, 0.2) is 0 Å². The maximum atomic E-state index is 13.2. The smallest absolute Gasteiger partial charge is 0.282 e. The van der Waals surface area contributed by atoms with Crippen LogP contribution in [0.2, 0.25) is 0 Å². The molecule has 0 saturated heterocycles. The highest BCUT2D eigenvalue weighted by Crippen LogP contribution is 2.23. The van der Waals surface area contributed by atoms with Gasteiger partial charge in [-0.1, -0.05) is 20.8 Å². The van der Waals surface area contributed by atoms with Gasteiger partial charge >= 0.3 is 0 Å². The first-order valence-electron chi connectivity index (χ1n) is 6.46. The van der Waals surface area contributed by atoms with E-state index in [1.54, 1.807) is 0 Å². The van der Waals surface area contributed by atoms with E-state index in [0.717, 1.165) is 18.2 Å². The fourth-order valence-electron chi connectivity index (χ4n) is 1.88. The van der Waals surface area contributed by atoms with Crippen LogP contribution in [0, 0.1) is 21.3 Å². The standard InChI is InChI=1S/C14H18ClFN2O3/c1-14(2,3)7-9(15)8-17-13(19)11-6-10(16)4-5-12(11)18(20)21/h4-6,9H,7-8H2,1-3H3,(H,17,19). The third-order valence-corrected chi connectivity index (χ3v) is 3.03. The van der Waals surface area contributed by atoms with E-state index in [1.807, 2.05) is 20.8 Å². The molecule has 0 saturated carbocycles. The van der Waals surface area contributed by atoms with Crippen LogP contribution in [-0.2, 0) is 0 Å². The first-order valence-corrected chi connectivity index (χ1v) is 6.90. The number of halogens is 2. The average Bonchev–Trinajstić information content (AvgIpc) is 2.33. The molecule has 1 amide bonds. The lowest BCUT2D eigenvalue weighted by molar-refractivity contribution is -0.385. The van der Waals surface area contributed by atoms with Crippen LogP contribution in [0.25, 0.3) is 0 Å². The number of nitro benzene ring substituents is 1. The van der Waals surface area contributed by atoms with Crippen molar-refractivity contribution in [2.75, 3.05) is 6.54 Å². The van der Waals surface area contributed by atoms with Gasteiger partial charge in [-0.3, -0.25) is 14.9 Å². The number of nitrogens with one attached hydrogen (secondary N) is 1. The zero-order valence-electron chi connectivity index (χ0n) is 12.2. The van der Waals surface area contributed by atoms with Gasteiger partial charge in [-0.2, -0.15) is 0 Å². The van der Waals surface area contributed by atoms with E-state index >= 15 is 0 Å². The number of hydrogen-bond donors (Lipinski definition) is 1. The number of rotatable bonds is 5. The highest BCUT2D eigenvalue weighted by Gasteiger charge is 2.22. The third-order valence-electron chi connectivity index (χ3n) is 2.72. The molecule has 0 aliphatic rings. The van der Waals surface area contributed by atoms with Crippen LogP contribution in [0.1, 0.15) is 37.6 Å². The highest BCUT2D eigenvalue weighted by atomic mass is 35.5. The van der Waals surface area contributed by atoms with Gasteiger partial charge in [-0.15, -0.1) is 11.6 Å². The molecule has 0 spiro atoms. The Morgan fingerprint density at radius 1 is 1.48 bits per heavy atom. The van der Waals surface area contributed by atoms with Crippen molar-refractivity contribution in [2.24, 2.45) is 5.41 Å². The van der Waals surface area contributed by atoms with E-state index in [1.165, 1.54) is 0 Å². The Balaban J connectivity index is 2.76. The summed E-state index contributed by atoms with van der Waals surface area (Å²) in [6.45, 7) is 6.20. The van der Waals surface area contributed by atoms with Gasteiger partial charge in [0.1, 0.15) is 11.4 Å². The lowest BCUT2D eigenvalue weighted by Crippen LogP contribution is -2.32. The van der Waals surface area contributed by atoms with Gasteiger partial charge in [-0.25, -0.2) is 4.39 Å². The Bertz CT molecular complexity index is 544. The zero-order chi connectivity index (χ0) is 16.2. The lowest BCUT2D eigenvalue weighted by atomic mass is 9.90. The molecule has 21 heavy (non-hydrogen) atoms. The number of carbonyl (C=O) groups excluding carboxylic acids is 1. The van der Waals surface area contributed by atoms with Gasteiger partial charge in [0.05, 0.1) is 10.3 Å². The lowest BCUT2D eigenvalue weighted by Gasteiger charge is -2.21. The largest absolute Gasteiger partial charge is 0.350 e. The van der Waals surface area contributed by atoms with Crippen molar-refractivity contribution in [3.05, 3.63) is 39.7 Å². The molecule has 0 fully saturated rings. The molecule has 116 valence electrons. The van der Waals surface area contributed by atoms with Crippen molar-refractivity contribution >= 4 is 23.2 Å². The number of hydrogen-bond acceptors (Lipinski definition) is 3. The molecule has 0 aliphatic heterocycles. The molecule has 1 atom stereocenters. The highest BCUT2D eigenvalue weighted by molar-refractivity contribution is 6.21. The molecule has 7 heteroatoms. The summed E-state index contributed by atoms with van der Waals surface area (Å²) in [5.41, 5.74) is -0.738. The van der Waals surface area contributed by atoms with Crippen molar-refractivity contribution in [3.8, 4) is 0 Å². The fourth-order valence-corrected chi connectivity index (χ4v) is 2.42. The minimum Gasteiger partial charge on any atom is -0.350 e. The van der Waals surface area contributed by atoms with Crippen LogP contribution in [0.3, 0.4) is 0 Å². The molecule has 0 aromatic heterocycles. The van der Waals surface area contributed by atoms with E-state index in [2.05, 4.69) is 5.32 Å². The van der Waals surface area contributed by atoms with Gasteiger partial charge < -0.3 is 5.32 Å². The topological polar surface area (TPSA) is 72.2 Å². The second-order valence-corrected chi connectivity index (χ2v) is 6.61. The molecular weight excluding hydrogens is 299 g/mol. The molecule has 1 N–H and O–H groups in total. The van der Waals surface area contributed by atoms with Crippen molar-refractivity contribution in [1.82, 2.24) is 5.32 Å². The van der Waals surface area contributed by atoms with Gasteiger partial charge in [0.2, 0.25) is 0 Å². The quantitative estimate of drug-likeness (QED) is 0.513. The van der Waals surface area contributed by atoms with Crippen LogP contribution in [0.5, 0.6) is 0 Å². The summed E-state index contributed by atoms with van der Waals surface area (Å²) in [4.78, 5) is 22.1. The Morgan fingerprint density at radius 3 is 2.62 bits per heavy atom. The maximum absolute atomic E-state index is 13.2. The number of amides is 1. The van der Waals surface area contributed by atoms with Crippen molar-refractivity contribution < 1.29 is 14.1 Å². The summed E-state index contributed by atoms with van der Waals surface area (Å²) in [5, 5.41) is 13.0. The second-order valence-electron chi connectivity index (χ2n) is 5.99. The Hall–Kier alpha value is -1.69. The summed E-state index contributed by atoms with van der Waals surface area (Å²) in [5.74, 6) is -1.41. The number of nitro groups is 1. The van der Waals surface area contributed by atoms with Gasteiger partial charge in [0, 0.05) is 12.6 Å². The van der Waals surface area contributed by atoms with Crippen LogP contribution in [0.15, 0.2) is 18.2 Å². The molecule has 0 bridgehead atoms. The Kier molecular flexibility index (Phi) is 5.66. The predicted molar refractivity (Wildman–Crippen MR) is 79.1 cm³/mol. The van der Waals surface area contributed by atoms with Crippen LogP contribution in [-0.4, -0.2) is 22.8 Å². The van der Waals surface area contributed by atoms with Crippen molar-refractivity contribution in [2.45, 2.75) is 32.6 Å². The SMILES string of the molecule is CC(C)(C)CC(Cl)CNC(=O)c1cc(F)ccc1[N+](=O)[O-]. The summed E-state index contributed by atoms with van der Waals surface area (Å²) >= 11 is 6.11. The Morgan fingerprint density at radius 2 is 2.10 bits per heavy atom. The average molecular weight is 317 g/mol. The predicted octanol–water partition coefficient (Wildman–Crippen LogP) is 3.51. The summed E-state index contributed by atoms with van der Waals surface area (Å²) in [7, 11) is 0. The number of alkyl halides is 1. The number of benzene rings is 1. The Labute approximate surface area is 127 Å². The van der Waals surface area contributed by atoms with Gasteiger partial charge in [0.25, 0.3) is 11.6 Å².